The smallest absolute Gasteiger partial charge is 0.407 e. The van der Waals surface area contributed by atoms with Crippen LogP contribution in [0.4, 0.5) is 4.79 Å². The Hall–Kier alpha value is -1.34. The maximum absolute atomic E-state index is 11.9. The Morgan fingerprint density at radius 2 is 1.91 bits per heavy atom. The van der Waals surface area contributed by atoms with Crippen molar-refractivity contribution in [2.24, 2.45) is 5.92 Å². The highest BCUT2D eigenvalue weighted by Crippen LogP contribution is 2.13. The molecule has 1 amide bonds. The number of hydrogen-bond acceptors (Lipinski definition) is 6. The molecular weight excluding hydrogens is 288 g/mol. The highest BCUT2D eigenvalue weighted by molar-refractivity contribution is 5.74. The fraction of sp³-hybridized carbons (Fsp3) is 0.867. The van der Waals surface area contributed by atoms with Gasteiger partial charge in [-0.05, 0) is 33.6 Å². The van der Waals surface area contributed by atoms with Crippen LogP contribution in [0.15, 0.2) is 0 Å². The molecule has 0 aromatic heterocycles. The molecule has 2 N–H and O–H groups in total. The molecule has 0 saturated carbocycles. The lowest BCUT2D eigenvalue weighted by Crippen LogP contribution is -2.45. The number of aliphatic hydroxyl groups is 1. The van der Waals surface area contributed by atoms with Crippen molar-refractivity contribution in [3.05, 3.63) is 0 Å². The van der Waals surface area contributed by atoms with E-state index in [2.05, 4.69) is 10.2 Å². The zero-order chi connectivity index (χ0) is 16.8. The molecule has 1 fully saturated rings. The fourth-order valence-corrected chi connectivity index (χ4v) is 2.32. The Kier molecular flexibility index (Phi) is 7.09. The van der Waals surface area contributed by atoms with Gasteiger partial charge in [-0.2, -0.15) is 0 Å². The number of aliphatic hydroxyl groups excluding tert-OH is 1. The monoisotopic (exact) mass is 316 g/mol. The highest BCUT2D eigenvalue weighted by atomic mass is 16.6. The van der Waals surface area contributed by atoms with Crippen LogP contribution in [-0.2, 0) is 14.3 Å². The molecule has 0 spiro atoms. The minimum atomic E-state index is -0.576. The third-order valence-corrected chi connectivity index (χ3v) is 3.46. The van der Waals surface area contributed by atoms with Crippen molar-refractivity contribution < 1.29 is 24.2 Å². The molecule has 0 aromatic rings. The molecule has 0 radical (unpaired) electrons. The molecular formula is C15H28N2O5. The number of nitrogens with zero attached hydrogens (tertiary/aromatic N) is 1. The largest absolute Gasteiger partial charge is 0.469 e. The van der Waals surface area contributed by atoms with E-state index in [0.29, 0.717) is 19.4 Å². The highest BCUT2D eigenvalue weighted by Gasteiger charge is 2.26. The summed E-state index contributed by atoms with van der Waals surface area (Å²) in [6.07, 6.45) is 0.601. The van der Waals surface area contributed by atoms with Gasteiger partial charge in [-0.15, -0.1) is 0 Å². The first kappa shape index (κ1) is 18.7. The number of likely N-dealkylation sites (tertiary alicyclic amines) is 1. The molecule has 7 nitrogen and oxygen atoms in total. The molecule has 128 valence electrons. The summed E-state index contributed by atoms with van der Waals surface area (Å²) >= 11 is 0. The summed E-state index contributed by atoms with van der Waals surface area (Å²) in [6, 6.07) is 0. The quantitative estimate of drug-likeness (QED) is 0.728. The van der Waals surface area contributed by atoms with E-state index >= 15 is 0 Å². The predicted octanol–water partition coefficient (Wildman–Crippen LogP) is 0.757. The Labute approximate surface area is 131 Å². The van der Waals surface area contributed by atoms with Gasteiger partial charge in [-0.3, -0.25) is 4.79 Å². The third kappa shape index (κ3) is 7.09. The maximum atomic E-state index is 11.9. The summed E-state index contributed by atoms with van der Waals surface area (Å²) in [5.41, 5.74) is -0.576. The number of alkyl carbamates (subject to hydrolysis) is 1. The van der Waals surface area contributed by atoms with Crippen LogP contribution in [0.1, 0.15) is 33.6 Å². The number of ether oxygens (including phenoxy) is 2. The van der Waals surface area contributed by atoms with Crippen molar-refractivity contribution in [2.45, 2.75) is 45.3 Å². The van der Waals surface area contributed by atoms with Crippen molar-refractivity contribution in [1.82, 2.24) is 10.2 Å². The molecule has 0 bridgehead atoms. The number of piperidine rings is 1. The van der Waals surface area contributed by atoms with Gasteiger partial charge < -0.3 is 24.8 Å². The number of rotatable bonds is 5. The van der Waals surface area contributed by atoms with Gasteiger partial charge in [0.05, 0.1) is 19.1 Å². The zero-order valence-electron chi connectivity index (χ0n) is 13.9. The minimum absolute atomic E-state index is 0.167. The van der Waals surface area contributed by atoms with E-state index in [-0.39, 0.29) is 18.6 Å². The number of hydrogen-bond donors (Lipinski definition) is 2. The van der Waals surface area contributed by atoms with Crippen LogP contribution in [-0.4, -0.2) is 67.1 Å². The molecule has 7 heteroatoms. The van der Waals surface area contributed by atoms with Crippen molar-refractivity contribution in [2.75, 3.05) is 33.3 Å². The van der Waals surface area contributed by atoms with Gasteiger partial charge in [0.15, 0.2) is 0 Å². The summed E-state index contributed by atoms with van der Waals surface area (Å²) in [6.45, 7) is 7.48. The zero-order valence-corrected chi connectivity index (χ0v) is 13.9. The van der Waals surface area contributed by atoms with Gasteiger partial charge in [0.25, 0.3) is 0 Å². The van der Waals surface area contributed by atoms with Crippen LogP contribution in [0.5, 0.6) is 0 Å². The van der Waals surface area contributed by atoms with E-state index in [9.17, 15) is 14.7 Å². The SMILES string of the molecule is COC(=O)C(CNC(=O)OC(C)(C)C)CN1CCC(O)CC1. The topological polar surface area (TPSA) is 88.1 Å². The van der Waals surface area contributed by atoms with E-state index < -0.39 is 17.6 Å². The number of amides is 1. The van der Waals surface area contributed by atoms with Gasteiger partial charge >= 0.3 is 12.1 Å². The summed E-state index contributed by atoms with van der Waals surface area (Å²) < 4.78 is 9.96. The first-order chi connectivity index (χ1) is 10.2. The average molecular weight is 316 g/mol. The molecule has 1 saturated heterocycles. The summed E-state index contributed by atoms with van der Waals surface area (Å²) in [5.74, 6) is -0.810. The van der Waals surface area contributed by atoms with Gasteiger partial charge in [-0.1, -0.05) is 0 Å². The van der Waals surface area contributed by atoms with E-state index in [1.165, 1.54) is 7.11 Å². The molecule has 1 atom stereocenters. The maximum Gasteiger partial charge on any atom is 0.407 e. The second-order valence-corrected chi connectivity index (χ2v) is 6.63. The molecule has 1 aliphatic heterocycles. The third-order valence-electron chi connectivity index (χ3n) is 3.46. The number of esters is 1. The number of carbonyl (C=O) groups excluding carboxylic acids is 2. The second kappa shape index (κ2) is 8.33. The fourth-order valence-electron chi connectivity index (χ4n) is 2.32. The van der Waals surface area contributed by atoms with Crippen LogP contribution in [0, 0.1) is 5.92 Å². The first-order valence-corrected chi connectivity index (χ1v) is 7.66. The Bertz CT molecular complexity index is 373. The van der Waals surface area contributed by atoms with Gasteiger partial charge in [0.2, 0.25) is 0 Å². The van der Waals surface area contributed by atoms with Crippen LogP contribution >= 0.6 is 0 Å². The standard InChI is InChI=1S/C15H28N2O5/c1-15(2,3)22-14(20)16-9-11(13(19)21-4)10-17-7-5-12(18)6-8-17/h11-12,18H,5-10H2,1-4H3,(H,16,20). The lowest BCUT2D eigenvalue weighted by atomic mass is 10.0. The molecule has 22 heavy (non-hydrogen) atoms. The van der Waals surface area contributed by atoms with Crippen LogP contribution < -0.4 is 5.32 Å². The Balaban J connectivity index is 2.47. The Morgan fingerprint density at radius 1 is 1.32 bits per heavy atom. The van der Waals surface area contributed by atoms with E-state index in [4.69, 9.17) is 9.47 Å². The van der Waals surface area contributed by atoms with Crippen LogP contribution in [0.2, 0.25) is 0 Å². The Morgan fingerprint density at radius 3 is 2.41 bits per heavy atom. The normalized spacial score (nSPS) is 18.6. The minimum Gasteiger partial charge on any atom is -0.469 e. The molecule has 1 aliphatic rings. The summed E-state index contributed by atoms with van der Waals surface area (Å²) in [7, 11) is 1.34. The lowest BCUT2D eigenvalue weighted by Gasteiger charge is -2.31. The summed E-state index contributed by atoms with van der Waals surface area (Å²) in [5, 5.41) is 12.1. The van der Waals surface area contributed by atoms with Crippen LogP contribution in [0.3, 0.4) is 0 Å². The van der Waals surface area contributed by atoms with Crippen molar-refractivity contribution >= 4 is 12.1 Å². The van der Waals surface area contributed by atoms with E-state index in [1.54, 1.807) is 20.8 Å². The number of nitrogens with one attached hydrogen (secondary N) is 1. The van der Waals surface area contributed by atoms with Gasteiger partial charge in [0, 0.05) is 26.2 Å². The van der Waals surface area contributed by atoms with E-state index in [1.807, 2.05) is 0 Å². The predicted molar refractivity (Wildman–Crippen MR) is 81.4 cm³/mol. The molecule has 1 unspecified atom stereocenters. The van der Waals surface area contributed by atoms with Gasteiger partial charge in [-0.25, -0.2) is 4.79 Å². The van der Waals surface area contributed by atoms with Gasteiger partial charge in [0.1, 0.15) is 5.60 Å². The lowest BCUT2D eigenvalue weighted by molar-refractivity contribution is -0.146. The second-order valence-electron chi connectivity index (χ2n) is 6.63. The van der Waals surface area contributed by atoms with Crippen molar-refractivity contribution in [3.63, 3.8) is 0 Å². The molecule has 0 aromatic carbocycles. The molecule has 1 rings (SSSR count). The average Bonchev–Trinajstić information content (AvgIpc) is 2.42. The van der Waals surface area contributed by atoms with E-state index in [0.717, 1.165) is 13.1 Å². The summed E-state index contributed by atoms with van der Waals surface area (Å²) in [4.78, 5) is 25.6. The van der Waals surface area contributed by atoms with Crippen LogP contribution in [0.25, 0.3) is 0 Å². The number of carbonyl (C=O) groups is 2. The molecule has 0 aliphatic carbocycles. The number of methoxy groups -OCH3 is 1. The molecule has 1 heterocycles. The first-order valence-electron chi connectivity index (χ1n) is 7.66. The van der Waals surface area contributed by atoms with Crippen molar-refractivity contribution in [3.8, 4) is 0 Å². The van der Waals surface area contributed by atoms with Crippen molar-refractivity contribution in [1.29, 1.82) is 0 Å².